The van der Waals surface area contributed by atoms with Gasteiger partial charge >= 0.3 is 0 Å². The summed E-state index contributed by atoms with van der Waals surface area (Å²) < 4.78 is 14.2. The zero-order valence-corrected chi connectivity index (χ0v) is 16.1. The van der Waals surface area contributed by atoms with Gasteiger partial charge in [-0.15, -0.1) is 5.10 Å². The van der Waals surface area contributed by atoms with Crippen molar-refractivity contribution in [2.45, 2.75) is 19.1 Å². The molecule has 128 valence electrons. The number of aromatic amines is 1. The lowest BCUT2D eigenvalue weighted by Gasteiger charge is -2.15. The Kier molecular flexibility index (Phi) is 4.48. The number of fused-ring (bicyclic) bond motifs is 1. The Labute approximate surface area is 156 Å². The van der Waals surface area contributed by atoms with E-state index in [9.17, 15) is 4.39 Å². The maximum atomic E-state index is 13.1. The van der Waals surface area contributed by atoms with Crippen LogP contribution < -0.4 is 0 Å². The van der Waals surface area contributed by atoms with Gasteiger partial charge in [0, 0.05) is 21.1 Å². The van der Waals surface area contributed by atoms with E-state index in [-0.39, 0.29) is 5.82 Å². The van der Waals surface area contributed by atoms with E-state index in [2.05, 4.69) is 50.2 Å². The van der Waals surface area contributed by atoms with Crippen LogP contribution in [0.3, 0.4) is 0 Å². The number of nitrogens with one attached hydrogen (secondary N) is 1. The van der Waals surface area contributed by atoms with Crippen molar-refractivity contribution in [1.29, 1.82) is 0 Å². The topological polar surface area (TPSA) is 40.5 Å². The number of aromatic nitrogens is 1. The summed E-state index contributed by atoms with van der Waals surface area (Å²) in [5.74, 6) is 0.611. The molecule has 0 saturated carbocycles. The van der Waals surface area contributed by atoms with Crippen molar-refractivity contribution < 1.29 is 4.39 Å². The molecule has 1 N–H and O–H groups in total. The van der Waals surface area contributed by atoms with Crippen molar-refractivity contribution in [1.82, 2.24) is 4.98 Å². The minimum atomic E-state index is -0.644. The van der Waals surface area contributed by atoms with Crippen molar-refractivity contribution in [3.8, 4) is 0 Å². The number of hydrogen-bond acceptors (Lipinski definition) is 2. The van der Waals surface area contributed by atoms with E-state index in [4.69, 9.17) is 0 Å². The highest BCUT2D eigenvalue weighted by Gasteiger charge is 2.23. The van der Waals surface area contributed by atoms with Crippen LogP contribution in [0.5, 0.6) is 0 Å². The van der Waals surface area contributed by atoms with Crippen LogP contribution in [0.1, 0.15) is 23.7 Å². The van der Waals surface area contributed by atoms with Gasteiger partial charge in [-0.05, 0) is 47.9 Å². The van der Waals surface area contributed by atoms with Crippen LogP contribution >= 0.6 is 26.8 Å². The van der Waals surface area contributed by atoms with E-state index in [0.29, 0.717) is 0 Å². The first-order chi connectivity index (χ1) is 12.2. The molecule has 0 radical (unpaired) electrons. The fourth-order valence-corrected chi connectivity index (χ4v) is 5.26. The fourth-order valence-electron chi connectivity index (χ4n) is 3.13. The molecular weight excluding hydrogens is 401 g/mol. The third-order valence-corrected chi connectivity index (χ3v) is 6.77. The van der Waals surface area contributed by atoms with Crippen LogP contribution in [0, 0.1) is 5.82 Å². The van der Waals surface area contributed by atoms with Gasteiger partial charge in [-0.1, -0.05) is 35.0 Å². The van der Waals surface area contributed by atoms with Crippen LogP contribution in [0.15, 0.2) is 57.1 Å². The molecule has 1 aliphatic rings. The molecule has 2 aromatic carbocycles. The zero-order valence-electron chi connectivity index (χ0n) is 13.6. The lowest BCUT2D eigenvalue weighted by Crippen LogP contribution is -2.05. The van der Waals surface area contributed by atoms with Gasteiger partial charge in [-0.2, -0.15) is 16.0 Å². The molecule has 6 heteroatoms. The number of aryl methyl sites for hydroxylation is 1. The number of benzene rings is 2. The van der Waals surface area contributed by atoms with Crippen molar-refractivity contribution in [2.75, 3.05) is 0 Å². The quantitative estimate of drug-likeness (QED) is 0.523. The highest BCUT2D eigenvalue weighted by atomic mass is 79.9. The summed E-state index contributed by atoms with van der Waals surface area (Å²) in [6, 6.07) is 13.0. The minimum Gasteiger partial charge on any atom is -0.353 e. The molecule has 25 heavy (non-hydrogen) atoms. The second-order valence-corrected chi connectivity index (χ2v) is 8.76. The number of thiol groups is 1. The van der Waals surface area contributed by atoms with Crippen molar-refractivity contribution in [2.24, 2.45) is 10.2 Å². The molecular formula is C19H17BrFN3S. The second-order valence-electron chi connectivity index (χ2n) is 5.93. The van der Waals surface area contributed by atoms with Crippen LogP contribution in [0.2, 0.25) is 0 Å². The van der Waals surface area contributed by atoms with E-state index in [1.807, 2.05) is 23.7 Å². The smallest absolute Gasteiger partial charge is 0.128 e. The average molecular weight is 418 g/mol. The maximum Gasteiger partial charge on any atom is 0.128 e. The summed E-state index contributed by atoms with van der Waals surface area (Å²) in [5.41, 5.74) is 6.51. The minimum absolute atomic E-state index is 0.208. The average Bonchev–Trinajstić information content (AvgIpc) is 3.20. The molecule has 3 nitrogen and oxygen atoms in total. The number of halogens is 2. The van der Waals surface area contributed by atoms with E-state index in [1.54, 1.807) is 0 Å². The standard InChI is InChI=1S/C19H17BrFN3S/c1-2-15-16-9-13(20)5-8-17(16)23-18(15)19-24-22-11-25(19)10-12-3-6-14(21)7-4-12/h3-9,11,23,25H,2,10H2,1H3. The van der Waals surface area contributed by atoms with Gasteiger partial charge in [0.2, 0.25) is 0 Å². The van der Waals surface area contributed by atoms with Crippen LogP contribution in [-0.4, -0.2) is 15.6 Å². The largest absolute Gasteiger partial charge is 0.353 e. The summed E-state index contributed by atoms with van der Waals surface area (Å²) in [6.45, 7) is 2.16. The molecule has 4 rings (SSSR count). The Morgan fingerprint density at radius 2 is 1.96 bits per heavy atom. The molecule has 0 saturated heterocycles. The fraction of sp³-hybridized carbons (Fsp3) is 0.158. The monoisotopic (exact) mass is 417 g/mol. The van der Waals surface area contributed by atoms with Crippen molar-refractivity contribution in [3.63, 3.8) is 0 Å². The van der Waals surface area contributed by atoms with E-state index in [1.165, 1.54) is 23.1 Å². The summed E-state index contributed by atoms with van der Waals surface area (Å²) in [5, 5.41) is 10.9. The Balaban J connectivity index is 1.71. The van der Waals surface area contributed by atoms with Crippen molar-refractivity contribution >= 4 is 48.3 Å². The molecule has 2 heterocycles. The number of rotatable bonds is 4. The lowest BCUT2D eigenvalue weighted by molar-refractivity contribution is 0.627. The Morgan fingerprint density at radius 3 is 2.72 bits per heavy atom. The molecule has 0 amide bonds. The number of nitrogens with zero attached hydrogens (tertiary/aromatic N) is 2. The lowest BCUT2D eigenvalue weighted by atomic mass is 10.1. The summed E-state index contributed by atoms with van der Waals surface area (Å²) in [4.78, 5) is 3.53. The summed E-state index contributed by atoms with van der Waals surface area (Å²) >= 11 is 3.56. The molecule has 0 aliphatic carbocycles. The molecule has 0 spiro atoms. The number of hydrogen-bond donors (Lipinski definition) is 2. The normalized spacial score (nSPS) is 18.0. The first kappa shape index (κ1) is 16.5. The zero-order chi connectivity index (χ0) is 17.4. The number of H-pyrrole nitrogens is 1. The Hall–Kier alpha value is -1.92. The third-order valence-electron chi connectivity index (χ3n) is 4.33. The van der Waals surface area contributed by atoms with Gasteiger partial charge in [0.15, 0.2) is 0 Å². The van der Waals surface area contributed by atoms with Gasteiger partial charge in [0.25, 0.3) is 0 Å². The Bertz CT molecular complexity index is 992. The predicted octanol–water partition coefficient (Wildman–Crippen LogP) is 5.54. The Morgan fingerprint density at radius 1 is 1.16 bits per heavy atom. The molecule has 1 atom stereocenters. The second kappa shape index (κ2) is 6.77. The van der Waals surface area contributed by atoms with E-state index in [0.717, 1.165) is 38.5 Å². The van der Waals surface area contributed by atoms with Gasteiger partial charge in [-0.25, -0.2) is 4.39 Å². The van der Waals surface area contributed by atoms with Crippen LogP contribution in [0.4, 0.5) is 4.39 Å². The van der Waals surface area contributed by atoms with E-state index >= 15 is 0 Å². The molecule has 1 unspecified atom stereocenters. The SMILES string of the molecule is CCc1c(C2=NN=C[SH]2Cc2ccc(F)cc2)[nH]c2ccc(Br)cc12. The maximum absolute atomic E-state index is 13.1. The highest BCUT2D eigenvalue weighted by molar-refractivity contribution is 9.10. The van der Waals surface area contributed by atoms with Gasteiger partial charge in [0.05, 0.1) is 11.2 Å². The third kappa shape index (κ3) is 3.16. The highest BCUT2D eigenvalue weighted by Crippen LogP contribution is 2.39. The molecule has 0 bridgehead atoms. The summed E-state index contributed by atoms with van der Waals surface area (Å²) in [7, 11) is -0.644. The van der Waals surface area contributed by atoms with Crippen molar-refractivity contribution in [3.05, 3.63) is 69.6 Å². The van der Waals surface area contributed by atoms with Crippen LogP contribution in [0.25, 0.3) is 10.9 Å². The molecule has 1 aliphatic heterocycles. The van der Waals surface area contributed by atoms with Crippen LogP contribution in [-0.2, 0) is 12.2 Å². The predicted molar refractivity (Wildman–Crippen MR) is 109 cm³/mol. The molecule has 0 fully saturated rings. The van der Waals surface area contributed by atoms with E-state index < -0.39 is 10.9 Å². The molecule has 3 aromatic rings. The molecule has 1 aromatic heterocycles. The first-order valence-electron chi connectivity index (χ1n) is 8.08. The first-order valence-corrected chi connectivity index (χ1v) is 10.5. The van der Waals surface area contributed by atoms with Gasteiger partial charge < -0.3 is 4.98 Å². The van der Waals surface area contributed by atoms with Gasteiger partial charge in [0.1, 0.15) is 10.9 Å². The summed E-state index contributed by atoms with van der Waals surface area (Å²) in [6.07, 6.45) is 0.921. The van der Waals surface area contributed by atoms with Gasteiger partial charge in [-0.3, -0.25) is 0 Å².